The Morgan fingerprint density at radius 2 is 1.70 bits per heavy atom. The van der Waals surface area contributed by atoms with Gasteiger partial charge < -0.3 is 20.1 Å². The maximum absolute atomic E-state index is 12.2. The lowest BCUT2D eigenvalue weighted by molar-refractivity contribution is -0.146. The fraction of sp³-hybridized carbons (Fsp3) is 0.348. The average molecular weight is 412 g/mol. The lowest BCUT2D eigenvalue weighted by Crippen LogP contribution is -2.32. The number of rotatable bonds is 10. The third kappa shape index (κ3) is 6.92. The number of ether oxygens (including phenoxy) is 2. The van der Waals surface area contributed by atoms with Gasteiger partial charge in [-0.2, -0.15) is 0 Å². The maximum atomic E-state index is 12.2. The summed E-state index contributed by atoms with van der Waals surface area (Å²) in [6.45, 7) is 5.71. The Hall–Kier alpha value is -3.35. The van der Waals surface area contributed by atoms with Crippen LogP contribution in [0.3, 0.4) is 0 Å². The quantitative estimate of drug-likeness (QED) is 0.583. The van der Waals surface area contributed by atoms with E-state index in [0.29, 0.717) is 29.5 Å². The second-order valence-electron chi connectivity index (χ2n) is 6.75. The number of benzene rings is 2. The molecule has 0 radical (unpaired) electrons. The predicted molar refractivity (Wildman–Crippen MR) is 115 cm³/mol. The number of esters is 1. The van der Waals surface area contributed by atoms with E-state index >= 15 is 0 Å². The highest BCUT2D eigenvalue weighted by Gasteiger charge is 2.14. The van der Waals surface area contributed by atoms with Gasteiger partial charge in [0.2, 0.25) is 0 Å². The molecule has 2 amide bonds. The van der Waals surface area contributed by atoms with E-state index < -0.39 is 24.4 Å². The zero-order valence-electron chi connectivity index (χ0n) is 17.6. The van der Waals surface area contributed by atoms with Gasteiger partial charge in [0.05, 0.1) is 12.2 Å². The Kier molecular flexibility index (Phi) is 8.87. The van der Waals surface area contributed by atoms with E-state index in [0.717, 1.165) is 6.42 Å². The number of carbonyl (C=O) groups is 3. The van der Waals surface area contributed by atoms with Gasteiger partial charge in [-0.15, -0.1) is 0 Å². The third-order valence-electron chi connectivity index (χ3n) is 4.56. The molecule has 0 aromatic heterocycles. The molecular weight excluding hydrogens is 384 g/mol. The van der Waals surface area contributed by atoms with Crippen LogP contribution in [0.5, 0.6) is 5.75 Å². The summed E-state index contributed by atoms with van der Waals surface area (Å²) in [5, 5.41) is 5.14. The van der Waals surface area contributed by atoms with Crippen LogP contribution < -0.4 is 15.4 Å². The summed E-state index contributed by atoms with van der Waals surface area (Å²) in [5.74, 6) is -0.731. The highest BCUT2D eigenvalue weighted by Crippen LogP contribution is 2.20. The lowest BCUT2D eigenvalue weighted by atomic mass is 9.99. The van der Waals surface area contributed by atoms with Gasteiger partial charge in [0.25, 0.3) is 11.8 Å². The summed E-state index contributed by atoms with van der Waals surface area (Å²) >= 11 is 0. The van der Waals surface area contributed by atoms with Gasteiger partial charge in [-0.25, -0.2) is 0 Å². The first-order valence-corrected chi connectivity index (χ1v) is 10.00. The van der Waals surface area contributed by atoms with E-state index in [4.69, 9.17) is 9.47 Å². The lowest BCUT2D eigenvalue weighted by Gasteiger charge is -2.11. The highest BCUT2D eigenvalue weighted by atomic mass is 16.5. The SMILES string of the molecule is CCOc1ccccc1C(=O)NCC(=O)OCC(=O)Nc1ccc([C@H](C)CC)cc1. The van der Waals surface area contributed by atoms with Crippen molar-refractivity contribution in [3.8, 4) is 5.75 Å². The van der Waals surface area contributed by atoms with Crippen molar-refractivity contribution in [2.75, 3.05) is 25.1 Å². The topological polar surface area (TPSA) is 93.7 Å². The molecule has 0 aliphatic heterocycles. The minimum Gasteiger partial charge on any atom is -0.493 e. The molecule has 0 saturated carbocycles. The van der Waals surface area contributed by atoms with E-state index in [9.17, 15) is 14.4 Å². The zero-order valence-corrected chi connectivity index (χ0v) is 17.6. The Labute approximate surface area is 176 Å². The van der Waals surface area contributed by atoms with Gasteiger partial charge in [0.15, 0.2) is 6.61 Å². The standard InChI is InChI=1S/C23H28N2O5/c1-4-16(3)17-10-12-18(13-11-17)25-21(26)15-30-22(27)14-24-23(28)19-8-6-7-9-20(19)29-5-2/h6-13,16H,4-5,14-15H2,1-3H3,(H,24,28)(H,25,26)/t16-/m1/s1. The Bertz CT molecular complexity index is 864. The molecule has 0 bridgehead atoms. The number of nitrogens with one attached hydrogen (secondary N) is 2. The van der Waals surface area contributed by atoms with E-state index in [2.05, 4.69) is 24.5 Å². The molecule has 2 rings (SSSR count). The molecule has 0 heterocycles. The average Bonchev–Trinajstić information content (AvgIpc) is 2.76. The first kappa shape index (κ1) is 22.9. The molecule has 0 unspecified atom stereocenters. The van der Waals surface area contributed by atoms with Crippen LogP contribution in [0.15, 0.2) is 48.5 Å². The van der Waals surface area contributed by atoms with Crippen LogP contribution in [-0.4, -0.2) is 37.5 Å². The molecule has 0 spiro atoms. The van der Waals surface area contributed by atoms with Gasteiger partial charge >= 0.3 is 5.97 Å². The van der Waals surface area contributed by atoms with Gasteiger partial charge in [-0.1, -0.05) is 38.1 Å². The van der Waals surface area contributed by atoms with Crippen molar-refractivity contribution in [1.29, 1.82) is 0 Å². The van der Waals surface area contributed by atoms with Gasteiger partial charge in [-0.3, -0.25) is 14.4 Å². The maximum Gasteiger partial charge on any atom is 0.325 e. The van der Waals surface area contributed by atoms with Crippen LogP contribution in [0.4, 0.5) is 5.69 Å². The largest absolute Gasteiger partial charge is 0.493 e. The zero-order chi connectivity index (χ0) is 21.9. The molecule has 0 aliphatic rings. The van der Waals surface area contributed by atoms with Crippen molar-refractivity contribution in [2.24, 2.45) is 0 Å². The molecule has 2 N–H and O–H groups in total. The number of hydrogen-bond donors (Lipinski definition) is 2. The summed E-state index contributed by atoms with van der Waals surface area (Å²) in [5.41, 5.74) is 2.15. The predicted octanol–water partition coefficient (Wildman–Crippen LogP) is 3.51. The summed E-state index contributed by atoms with van der Waals surface area (Å²) in [6, 6.07) is 14.3. The molecule has 2 aromatic rings. The normalized spacial score (nSPS) is 11.3. The second kappa shape index (κ2) is 11.6. The number of carbonyl (C=O) groups excluding carboxylic acids is 3. The van der Waals surface area contributed by atoms with Crippen molar-refractivity contribution in [3.05, 3.63) is 59.7 Å². The molecule has 7 heteroatoms. The molecular formula is C23H28N2O5. The highest BCUT2D eigenvalue weighted by molar-refractivity contribution is 5.98. The Balaban J connectivity index is 1.76. The van der Waals surface area contributed by atoms with Crippen molar-refractivity contribution in [2.45, 2.75) is 33.1 Å². The second-order valence-corrected chi connectivity index (χ2v) is 6.75. The molecule has 0 fully saturated rings. The summed E-state index contributed by atoms with van der Waals surface area (Å²) in [4.78, 5) is 36.1. The van der Waals surface area contributed by atoms with Crippen molar-refractivity contribution >= 4 is 23.5 Å². The van der Waals surface area contributed by atoms with E-state index in [1.165, 1.54) is 5.56 Å². The molecule has 30 heavy (non-hydrogen) atoms. The molecule has 160 valence electrons. The van der Waals surface area contributed by atoms with Gasteiger partial charge in [0.1, 0.15) is 12.3 Å². The van der Waals surface area contributed by atoms with E-state index in [-0.39, 0.29) is 6.54 Å². The minimum absolute atomic E-state index is 0.325. The fourth-order valence-electron chi connectivity index (χ4n) is 2.71. The first-order valence-electron chi connectivity index (χ1n) is 10.00. The Morgan fingerprint density at radius 1 is 1.00 bits per heavy atom. The molecule has 0 saturated heterocycles. The van der Waals surface area contributed by atoms with Gasteiger partial charge in [-0.05, 0) is 49.1 Å². The van der Waals surface area contributed by atoms with Crippen molar-refractivity contribution < 1.29 is 23.9 Å². The van der Waals surface area contributed by atoms with Gasteiger partial charge in [0, 0.05) is 5.69 Å². The number of amides is 2. The third-order valence-corrected chi connectivity index (χ3v) is 4.56. The molecule has 0 aliphatic carbocycles. The summed E-state index contributed by atoms with van der Waals surface area (Å²) < 4.78 is 10.3. The van der Waals surface area contributed by atoms with Crippen LogP contribution >= 0.6 is 0 Å². The van der Waals surface area contributed by atoms with Crippen molar-refractivity contribution in [3.63, 3.8) is 0 Å². The number of hydrogen-bond acceptors (Lipinski definition) is 5. The van der Waals surface area contributed by atoms with E-state index in [1.807, 2.05) is 31.2 Å². The number of para-hydroxylation sites is 1. The number of anilines is 1. The van der Waals surface area contributed by atoms with Crippen molar-refractivity contribution in [1.82, 2.24) is 5.32 Å². The fourth-order valence-corrected chi connectivity index (χ4v) is 2.71. The van der Waals surface area contributed by atoms with Crippen LogP contribution in [0, 0.1) is 0 Å². The Morgan fingerprint density at radius 3 is 2.37 bits per heavy atom. The minimum atomic E-state index is -0.709. The van der Waals surface area contributed by atoms with Crippen LogP contribution in [-0.2, 0) is 14.3 Å². The van der Waals surface area contributed by atoms with Crippen LogP contribution in [0.2, 0.25) is 0 Å². The molecule has 7 nitrogen and oxygen atoms in total. The summed E-state index contributed by atoms with van der Waals surface area (Å²) in [7, 11) is 0. The summed E-state index contributed by atoms with van der Waals surface area (Å²) in [6.07, 6.45) is 1.04. The molecule has 2 aromatic carbocycles. The first-order chi connectivity index (χ1) is 14.4. The van der Waals surface area contributed by atoms with Crippen LogP contribution in [0.1, 0.15) is 49.0 Å². The van der Waals surface area contributed by atoms with Crippen LogP contribution in [0.25, 0.3) is 0 Å². The monoisotopic (exact) mass is 412 g/mol. The smallest absolute Gasteiger partial charge is 0.325 e. The molecule has 1 atom stereocenters. The van der Waals surface area contributed by atoms with E-state index in [1.54, 1.807) is 24.3 Å².